The van der Waals surface area contributed by atoms with Crippen molar-refractivity contribution in [1.82, 2.24) is 10.2 Å². The topological polar surface area (TPSA) is 75.7 Å². The van der Waals surface area contributed by atoms with Crippen LogP contribution in [-0.4, -0.2) is 47.4 Å². The van der Waals surface area contributed by atoms with Gasteiger partial charge in [0.05, 0.1) is 6.54 Å². The fraction of sp³-hybridized carbons (Fsp3) is 0.526. The van der Waals surface area contributed by atoms with Crippen LogP contribution in [0.1, 0.15) is 50.4 Å². The molecule has 0 spiro atoms. The number of ether oxygens (including phenoxy) is 1. The summed E-state index contributed by atoms with van der Waals surface area (Å²) in [5.74, 6) is -0.494. The number of benzene rings is 1. The molecule has 1 aliphatic rings. The first kappa shape index (κ1) is 20.4. The Balaban J connectivity index is 1.96. The maximum atomic E-state index is 12.5. The van der Waals surface area contributed by atoms with Crippen LogP contribution in [0.5, 0.6) is 0 Å². The van der Waals surface area contributed by atoms with Gasteiger partial charge in [-0.25, -0.2) is 4.79 Å². The lowest BCUT2D eigenvalue weighted by Crippen LogP contribution is -2.53. The number of ketones is 1. The number of hydrogen-bond donors (Lipinski definition) is 1. The van der Waals surface area contributed by atoms with Crippen LogP contribution in [0.2, 0.25) is 0 Å². The van der Waals surface area contributed by atoms with Crippen LogP contribution < -0.4 is 5.32 Å². The van der Waals surface area contributed by atoms with E-state index in [9.17, 15) is 14.4 Å². The molecule has 0 aromatic heterocycles. The van der Waals surface area contributed by atoms with Crippen LogP contribution in [-0.2, 0) is 9.53 Å². The molecular formula is C19H25BrN2O4. The quantitative estimate of drug-likeness (QED) is 0.749. The van der Waals surface area contributed by atoms with Crippen molar-refractivity contribution in [2.24, 2.45) is 0 Å². The predicted octanol–water partition coefficient (Wildman–Crippen LogP) is 3.54. The van der Waals surface area contributed by atoms with Crippen LogP contribution in [0, 0.1) is 0 Å². The molecule has 1 aromatic carbocycles. The predicted molar refractivity (Wildman–Crippen MR) is 102 cm³/mol. The summed E-state index contributed by atoms with van der Waals surface area (Å²) in [7, 11) is 0. The third kappa shape index (κ3) is 5.83. The number of amides is 2. The number of carbonyl (C=O) groups is 3. The number of Topliss-reactive ketones (excluding diaryl/α,β-unsaturated/α-hetero) is 1. The summed E-state index contributed by atoms with van der Waals surface area (Å²) in [6, 6.07) is 6.36. The van der Waals surface area contributed by atoms with E-state index in [0.717, 1.165) is 17.3 Å². The van der Waals surface area contributed by atoms with Crippen molar-refractivity contribution in [2.45, 2.75) is 51.7 Å². The first-order chi connectivity index (χ1) is 12.2. The summed E-state index contributed by atoms with van der Waals surface area (Å²) in [5, 5.41) is 2.66. The zero-order valence-electron chi connectivity index (χ0n) is 15.4. The van der Waals surface area contributed by atoms with Crippen molar-refractivity contribution < 1.29 is 19.1 Å². The van der Waals surface area contributed by atoms with Crippen molar-refractivity contribution in [3.05, 3.63) is 34.3 Å². The number of halogens is 1. The molecule has 1 fully saturated rings. The first-order valence-electron chi connectivity index (χ1n) is 8.73. The molecule has 7 heteroatoms. The number of rotatable bonds is 4. The minimum atomic E-state index is -0.618. The Morgan fingerprint density at radius 1 is 1.19 bits per heavy atom. The Labute approximate surface area is 162 Å². The van der Waals surface area contributed by atoms with E-state index >= 15 is 0 Å². The summed E-state index contributed by atoms with van der Waals surface area (Å²) in [5.41, 5.74) is -0.0891. The third-order valence-electron chi connectivity index (χ3n) is 4.02. The molecule has 1 N–H and O–H groups in total. The number of nitrogens with one attached hydrogen (secondary N) is 1. The van der Waals surface area contributed by atoms with Crippen molar-refractivity contribution in [3.8, 4) is 0 Å². The fourth-order valence-corrected chi connectivity index (χ4v) is 3.03. The lowest BCUT2D eigenvalue weighted by Gasteiger charge is -2.35. The monoisotopic (exact) mass is 424 g/mol. The zero-order valence-corrected chi connectivity index (χ0v) is 17.0. The van der Waals surface area contributed by atoms with Gasteiger partial charge < -0.3 is 10.1 Å². The molecule has 0 saturated carbocycles. The minimum absolute atomic E-state index is 0.0981. The molecule has 0 aliphatic carbocycles. The summed E-state index contributed by atoms with van der Waals surface area (Å²) >= 11 is 3.32. The molecule has 1 atom stereocenters. The van der Waals surface area contributed by atoms with Crippen molar-refractivity contribution in [3.63, 3.8) is 0 Å². The average molecular weight is 425 g/mol. The summed E-state index contributed by atoms with van der Waals surface area (Å²) in [4.78, 5) is 38.6. The smallest absolute Gasteiger partial charge is 0.410 e. The van der Waals surface area contributed by atoms with Crippen LogP contribution in [0.15, 0.2) is 28.7 Å². The molecule has 1 unspecified atom stereocenters. The maximum Gasteiger partial charge on any atom is 0.410 e. The molecule has 6 nitrogen and oxygen atoms in total. The van der Waals surface area contributed by atoms with E-state index in [1.54, 1.807) is 45.0 Å². The average Bonchev–Trinajstić information content (AvgIpc) is 2.58. The van der Waals surface area contributed by atoms with E-state index in [-0.39, 0.29) is 18.2 Å². The van der Waals surface area contributed by atoms with Gasteiger partial charge in [0.1, 0.15) is 11.6 Å². The molecule has 26 heavy (non-hydrogen) atoms. The second-order valence-corrected chi connectivity index (χ2v) is 8.25. The number of carbonyl (C=O) groups excluding carboxylic acids is 3. The van der Waals surface area contributed by atoms with E-state index in [4.69, 9.17) is 4.74 Å². The van der Waals surface area contributed by atoms with E-state index in [2.05, 4.69) is 21.2 Å². The fourth-order valence-electron chi connectivity index (χ4n) is 2.77. The second-order valence-electron chi connectivity index (χ2n) is 7.33. The van der Waals surface area contributed by atoms with Gasteiger partial charge in [-0.2, -0.15) is 0 Å². The van der Waals surface area contributed by atoms with Gasteiger partial charge in [-0.3, -0.25) is 14.5 Å². The molecule has 1 heterocycles. The van der Waals surface area contributed by atoms with E-state index in [0.29, 0.717) is 18.5 Å². The molecule has 0 bridgehead atoms. The Morgan fingerprint density at radius 3 is 2.46 bits per heavy atom. The van der Waals surface area contributed by atoms with Crippen LogP contribution in [0.25, 0.3) is 0 Å². The molecule has 142 valence electrons. The van der Waals surface area contributed by atoms with Crippen molar-refractivity contribution in [2.75, 3.05) is 13.1 Å². The third-order valence-corrected chi connectivity index (χ3v) is 4.55. The molecule has 1 saturated heterocycles. The summed E-state index contributed by atoms with van der Waals surface area (Å²) < 4.78 is 6.28. The SMILES string of the molecule is CC(C)(C)OC(=O)N1CCCCC1C(=O)NCC(=O)c1ccc(Br)cc1. The van der Waals surface area contributed by atoms with Gasteiger partial charge in [-0.15, -0.1) is 0 Å². The lowest BCUT2D eigenvalue weighted by atomic mass is 10.0. The number of hydrogen-bond acceptors (Lipinski definition) is 4. The van der Waals surface area contributed by atoms with Gasteiger partial charge in [0.2, 0.25) is 5.91 Å². The number of nitrogens with zero attached hydrogens (tertiary/aromatic N) is 1. The second kappa shape index (κ2) is 8.66. The van der Waals surface area contributed by atoms with E-state index in [1.165, 1.54) is 4.90 Å². The number of likely N-dealkylation sites (tertiary alicyclic amines) is 1. The van der Waals surface area contributed by atoms with Gasteiger partial charge in [0.25, 0.3) is 0 Å². The summed E-state index contributed by atoms with van der Waals surface area (Å²) in [6.45, 7) is 5.76. The molecule has 2 rings (SSSR count). The Morgan fingerprint density at radius 2 is 1.85 bits per heavy atom. The molecule has 1 aliphatic heterocycles. The summed E-state index contributed by atoms with van der Waals surface area (Å²) in [6.07, 6.45) is 1.77. The minimum Gasteiger partial charge on any atom is -0.444 e. The first-order valence-corrected chi connectivity index (χ1v) is 9.53. The van der Waals surface area contributed by atoms with Gasteiger partial charge >= 0.3 is 6.09 Å². The van der Waals surface area contributed by atoms with Gasteiger partial charge in [0.15, 0.2) is 5.78 Å². The van der Waals surface area contributed by atoms with E-state index in [1.807, 2.05) is 0 Å². The maximum absolute atomic E-state index is 12.5. The molecule has 1 aromatic rings. The molecule has 2 amide bonds. The van der Waals surface area contributed by atoms with Gasteiger partial charge in [0, 0.05) is 16.6 Å². The largest absolute Gasteiger partial charge is 0.444 e. The standard InChI is InChI=1S/C19H25BrN2O4/c1-19(2,3)26-18(25)22-11-5-4-6-15(22)17(24)21-12-16(23)13-7-9-14(20)10-8-13/h7-10,15H,4-6,11-12H2,1-3H3,(H,21,24). The zero-order chi connectivity index (χ0) is 19.3. The van der Waals surface area contributed by atoms with Crippen LogP contribution in [0.3, 0.4) is 0 Å². The van der Waals surface area contributed by atoms with Crippen molar-refractivity contribution in [1.29, 1.82) is 0 Å². The van der Waals surface area contributed by atoms with Crippen LogP contribution in [0.4, 0.5) is 4.79 Å². The van der Waals surface area contributed by atoms with Gasteiger partial charge in [-0.05, 0) is 52.2 Å². The molecular weight excluding hydrogens is 400 g/mol. The highest BCUT2D eigenvalue weighted by Gasteiger charge is 2.34. The van der Waals surface area contributed by atoms with Gasteiger partial charge in [-0.1, -0.05) is 28.1 Å². The highest BCUT2D eigenvalue weighted by atomic mass is 79.9. The lowest BCUT2D eigenvalue weighted by molar-refractivity contribution is -0.127. The van der Waals surface area contributed by atoms with Crippen LogP contribution >= 0.6 is 15.9 Å². The Kier molecular flexibility index (Phi) is 6.81. The Bertz CT molecular complexity index is 667. The number of piperidine rings is 1. The van der Waals surface area contributed by atoms with Crippen molar-refractivity contribution >= 4 is 33.7 Å². The molecule has 0 radical (unpaired) electrons. The normalized spacial score (nSPS) is 17.5. The Hall–Kier alpha value is -1.89. The van der Waals surface area contributed by atoms with E-state index < -0.39 is 17.7 Å². The highest BCUT2D eigenvalue weighted by molar-refractivity contribution is 9.10. The highest BCUT2D eigenvalue weighted by Crippen LogP contribution is 2.20.